The Hall–Kier alpha value is -10.0. The summed E-state index contributed by atoms with van der Waals surface area (Å²) in [5.74, 6) is -1.29. The van der Waals surface area contributed by atoms with Gasteiger partial charge in [-0.25, -0.2) is 4.79 Å². The maximum Gasteiger partial charge on any atom is 0.411 e. The van der Waals surface area contributed by atoms with Gasteiger partial charge >= 0.3 is 6.09 Å². The molecule has 480 valence electrons. The molecule has 5 aliphatic rings. The number of carbonyl (C=O) groups is 9. The molecule has 5 aromatic rings. The molecule has 3 atom stereocenters. The number of carbonyl (C=O) groups excluding carboxylic acids is 9. The summed E-state index contributed by atoms with van der Waals surface area (Å²) in [4.78, 5) is 129. The zero-order valence-electron chi connectivity index (χ0n) is 52.0. The van der Waals surface area contributed by atoms with E-state index >= 15 is 0 Å². The average Bonchev–Trinajstić information content (AvgIpc) is 1.54. The van der Waals surface area contributed by atoms with E-state index in [4.69, 9.17) is 33.7 Å². The van der Waals surface area contributed by atoms with Gasteiger partial charge in [0.15, 0.2) is 17.3 Å². The summed E-state index contributed by atoms with van der Waals surface area (Å²) in [6.45, 7) is 7.46. The van der Waals surface area contributed by atoms with Crippen molar-refractivity contribution >= 4 is 88.4 Å². The Kier molecular flexibility index (Phi) is 21.3. The lowest BCUT2D eigenvalue weighted by Crippen LogP contribution is -2.44. The van der Waals surface area contributed by atoms with Crippen molar-refractivity contribution in [1.29, 1.82) is 0 Å². The molecule has 0 saturated heterocycles. The number of imide groups is 1. The van der Waals surface area contributed by atoms with Gasteiger partial charge in [0.25, 0.3) is 23.6 Å². The van der Waals surface area contributed by atoms with Crippen molar-refractivity contribution in [2.24, 2.45) is 15.9 Å². The molecule has 5 aliphatic heterocycles. The maximum absolute atomic E-state index is 14.3. The van der Waals surface area contributed by atoms with E-state index in [0.717, 1.165) is 59.4 Å². The number of Topliss-reactive ketones (excluding diaryl/α,β-unsaturated/α-hetero) is 1. The molecule has 10 rings (SSSR count). The summed E-state index contributed by atoms with van der Waals surface area (Å²) in [7, 11) is 1.53. The minimum Gasteiger partial charge on any atom is -0.493 e. The summed E-state index contributed by atoms with van der Waals surface area (Å²) in [5, 5.41) is 10.9. The first-order valence-corrected chi connectivity index (χ1v) is 31.0. The Morgan fingerprint density at radius 3 is 1.92 bits per heavy atom. The normalized spacial score (nSPS) is 16.2. The van der Waals surface area contributed by atoms with Gasteiger partial charge in [0.1, 0.15) is 12.4 Å². The van der Waals surface area contributed by atoms with Crippen LogP contribution in [0.25, 0.3) is 0 Å². The summed E-state index contributed by atoms with van der Waals surface area (Å²) < 4.78 is 29.1. The summed E-state index contributed by atoms with van der Waals surface area (Å²) in [6.07, 6.45) is 8.56. The van der Waals surface area contributed by atoms with Crippen LogP contribution in [-0.4, -0.2) is 145 Å². The van der Waals surface area contributed by atoms with Gasteiger partial charge in [-0.3, -0.25) is 58.6 Å². The van der Waals surface area contributed by atoms with Crippen LogP contribution in [0.4, 0.5) is 27.5 Å². The molecule has 8 amide bonds. The first kappa shape index (κ1) is 64.9. The second-order valence-corrected chi connectivity index (χ2v) is 23.5. The van der Waals surface area contributed by atoms with Crippen LogP contribution in [0.3, 0.4) is 0 Å². The van der Waals surface area contributed by atoms with Crippen LogP contribution < -0.4 is 35.5 Å². The van der Waals surface area contributed by atoms with E-state index in [1.54, 1.807) is 67.4 Å². The van der Waals surface area contributed by atoms with Crippen molar-refractivity contribution in [2.45, 2.75) is 116 Å². The largest absolute Gasteiger partial charge is 0.493 e. The molecule has 0 fully saturated rings. The Balaban J connectivity index is 0.613. The van der Waals surface area contributed by atoms with E-state index in [1.807, 2.05) is 54.4 Å². The highest BCUT2D eigenvalue weighted by Gasteiger charge is 2.36. The minimum atomic E-state index is -0.819. The highest BCUT2D eigenvalue weighted by atomic mass is 16.5. The van der Waals surface area contributed by atoms with Gasteiger partial charge in [-0.15, -0.1) is 0 Å². The molecule has 5 aromatic carbocycles. The molecule has 0 unspecified atom stereocenters. The molecule has 5 heterocycles. The van der Waals surface area contributed by atoms with Crippen LogP contribution >= 0.6 is 0 Å². The number of amides is 8. The van der Waals surface area contributed by atoms with E-state index in [1.165, 1.54) is 18.2 Å². The van der Waals surface area contributed by atoms with Crippen molar-refractivity contribution in [3.8, 4) is 17.2 Å². The molecule has 92 heavy (non-hydrogen) atoms. The number of nitrogens with one attached hydrogen (secondary N) is 4. The Bertz CT molecular complexity index is 3730. The van der Waals surface area contributed by atoms with Gasteiger partial charge in [-0.2, -0.15) is 0 Å². The Labute approximate surface area is 532 Å². The molecular weight excluding hydrogens is 1180 g/mol. The van der Waals surface area contributed by atoms with Gasteiger partial charge < -0.3 is 49.4 Å². The fourth-order valence-corrected chi connectivity index (χ4v) is 11.5. The van der Waals surface area contributed by atoms with E-state index in [-0.39, 0.29) is 107 Å². The number of anilines is 2. The molecule has 0 spiro atoms. The average molecular weight is 1250 g/mol. The number of ether oxygens (including phenoxy) is 5. The van der Waals surface area contributed by atoms with E-state index in [0.29, 0.717) is 82.9 Å². The maximum atomic E-state index is 14.3. The molecule has 0 aliphatic carbocycles. The number of aryl methyl sites for hydroxylation is 1. The Morgan fingerprint density at radius 1 is 0.609 bits per heavy atom. The minimum absolute atomic E-state index is 0.0236. The first-order valence-electron chi connectivity index (χ1n) is 31.0. The summed E-state index contributed by atoms with van der Waals surface area (Å²) in [6, 6.07) is 26.4. The second kappa shape index (κ2) is 30.2. The Morgan fingerprint density at radius 2 is 1.24 bits per heavy atom. The number of aliphatic imine (C=N–C) groups is 2. The number of nitrogens with zero attached hydrogens (tertiary/aromatic N) is 5. The van der Waals surface area contributed by atoms with Gasteiger partial charge in [-0.1, -0.05) is 56.3 Å². The number of fused-ring (bicyclic) bond motifs is 6. The van der Waals surface area contributed by atoms with Crippen LogP contribution in [0.1, 0.15) is 113 Å². The van der Waals surface area contributed by atoms with Gasteiger partial charge in [0, 0.05) is 100.0 Å². The van der Waals surface area contributed by atoms with Crippen molar-refractivity contribution in [1.82, 2.24) is 25.3 Å². The van der Waals surface area contributed by atoms with Crippen molar-refractivity contribution < 1.29 is 66.8 Å². The lowest BCUT2D eigenvalue weighted by Gasteiger charge is -2.34. The van der Waals surface area contributed by atoms with Crippen LogP contribution in [-0.2, 0) is 70.8 Å². The standard InChI is InChI=1S/C69H75N9O14/c1-42(2)66(75-63(82)23-28-89-29-24-70-61(80)22-25-76-64(83)20-21-65(76)84)57(79)18-19-62(81)73-49-15-12-44(13-16-49)41-92-69(87)74-50-17-14-46-33-52-38-72-56-36-60(59(88-4)34-54(56)68(86)78(52)40-48(46)31-50)91-27-9-5-8-26-90-58-35-55-53(30-43(58)3)67(85)77-39-47-11-7-6-10-45(47)32-51(77)37-71-55/h6-7,10-17,20-21,30-31,34-38,42,51-52,66H,5,8-9,18-19,22-29,32-33,39-41H2,1-4H3,(H,70,80)(H,73,81)(H,74,87)(H,75,82)/t51-,52-,66-/m0/s1. The van der Waals surface area contributed by atoms with Crippen LogP contribution in [0.2, 0.25) is 0 Å². The monoisotopic (exact) mass is 1250 g/mol. The first-order chi connectivity index (χ1) is 44.5. The smallest absolute Gasteiger partial charge is 0.411 e. The highest BCUT2D eigenvalue weighted by Crippen LogP contribution is 2.40. The number of rotatable bonds is 28. The third kappa shape index (κ3) is 16.3. The molecule has 0 saturated carbocycles. The SMILES string of the molecule is COc1cc2c(cc1OCCCCCOc1cc3c(cc1C)C(=O)N1Cc4ccccc4C[C@H]1C=N3)N=C[C@@H]1Cc3ccc(NC(=O)OCc4ccc(NC(=O)CCC(=O)[C@@H](NC(=O)CCOCCNC(=O)CCN5C(=O)C=CC5=O)C(C)C)cc4)cc3CN1C2=O. The van der Waals surface area contributed by atoms with Crippen molar-refractivity contribution in [2.75, 3.05) is 57.3 Å². The highest BCUT2D eigenvalue weighted by molar-refractivity contribution is 6.13. The number of benzene rings is 5. The second-order valence-electron chi connectivity index (χ2n) is 23.5. The lowest BCUT2D eigenvalue weighted by atomic mass is 9.93. The fourth-order valence-electron chi connectivity index (χ4n) is 11.5. The molecule has 0 radical (unpaired) electrons. The van der Waals surface area contributed by atoms with Crippen LogP contribution in [0, 0.1) is 12.8 Å². The number of hydrogen-bond acceptors (Lipinski definition) is 16. The molecule has 0 aromatic heterocycles. The fraction of sp³-hybridized carbons (Fsp3) is 0.377. The third-order valence-electron chi connectivity index (χ3n) is 16.6. The third-order valence-corrected chi connectivity index (χ3v) is 16.6. The molecular formula is C69H75N9O14. The van der Waals surface area contributed by atoms with Crippen molar-refractivity contribution in [3.05, 3.63) is 148 Å². The quantitative estimate of drug-likeness (QED) is 0.0271. The summed E-state index contributed by atoms with van der Waals surface area (Å²) >= 11 is 0. The van der Waals surface area contributed by atoms with E-state index in [9.17, 15) is 43.2 Å². The number of unbranched alkanes of at least 4 members (excludes halogenated alkanes) is 2. The zero-order valence-corrected chi connectivity index (χ0v) is 52.0. The van der Waals surface area contributed by atoms with Gasteiger partial charge in [0.05, 0.1) is 74.2 Å². The van der Waals surface area contributed by atoms with Crippen molar-refractivity contribution in [3.63, 3.8) is 0 Å². The predicted octanol–water partition coefficient (Wildman–Crippen LogP) is 8.21. The van der Waals surface area contributed by atoms with Gasteiger partial charge in [-0.05, 0) is 115 Å². The van der Waals surface area contributed by atoms with Gasteiger partial charge in [0.2, 0.25) is 17.7 Å². The molecule has 23 nitrogen and oxygen atoms in total. The number of ketones is 1. The van der Waals surface area contributed by atoms with E-state index < -0.39 is 35.8 Å². The zero-order chi connectivity index (χ0) is 64.8. The molecule has 0 bridgehead atoms. The van der Waals surface area contributed by atoms with Crippen LogP contribution in [0.15, 0.2) is 113 Å². The topological polar surface area (TPSA) is 282 Å². The van der Waals surface area contributed by atoms with E-state index in [2.05, 4.69) is 33.4 Å². The predicted molar refractivity (Wildman–Crippen MR) is 342 cm³/mol. The number of hydrogen-bond donors (Lipinski definition) is 4. The molecule has 23 heteroatoms. The summed E-state index contributed by atoms with van der Waals surface area (Å²) in [5.41, 5.74) is 8.82. The number of methoxy groups -OCH3 is 1. The van der Waals surface area contributed by atoms with Crippen LogP contribution in [0.5, 0.6) is 17.2 Å². The molecule has 4 N–H and O–H groups in total. The lowest BCUT2D eigenvalue weighted by molar-refractivity contribution is -0.137.